The Balaban J connectivity index is 1.67. The van der Waals surface area contributed by atoms with Gasteiger partial charge in [-0.05, 0) is 50.6 Å². The lowest BCUT2D eigenvalue weighted by Crippen LogP contribution is -2.65. The Bertz CT molecular complexity index is 680. The maximum Gasteiger partial charge on any atom is 0.387 e. The van der Waals surface area contributed by atoms with Crippen molar-refractivity contribution < 1.29 is 23.1 Å². The fourth-order valence-electron chi connectivity index (χ4n) is 3.15. The second-order valence-corrected chi connectivity index (χ2v) is 7.13. The van der Waals surface area contributed by atoms with Crippen LogP contribution in [0.15, 0.2) is 24.3 Å². The van der Waals surface area contributed by atoms with E-state index in [1.165, 1.54) is 12.1 Å². The molecule has 0 bridgehead atoms. The molecule has 1 saturated carbocycles. The average Bonchev–Trinajstić information content (AvgIpc) is 3.44. The first kappa shape index (κ1) is 19.5. The summed E-state index contributed by atoms with van der Waals surface area (Å²) in [5, 5.41) is 8.89. The van der Waals surface area contributed by atoms with Crippen LogP contribution < -0.4 is 20.7 Å². The maximum atomic E-state index is 12.7. The Labute approximate surface area is 156 Å². The molecule has 1 aliphatic carbocycles. The number of rotatable bonds is 7. The molecule has 9 heteroatoms. The van der Waals surface area contributed by atoms with E-state index in [9.17, 15) is 18.4 Å². The first-order chi connectivity index (χ1) is 12.8. The normalized spacial score (nSPS) is 23.9. The van der Waals surface area contributed by atoms with Gasteiger partial charge in [0.25, 0.3) is 0 Å². The minimum atomic E-state index is -2.87. The van der Waals surface area contributed by atoms with Gasteiger partial charge in [0.1, 0.15) is 12.0 Å². The average molecular weight is 382 g/mol. The SMILES string of the molecule is CN(C)C1NC(=O)CC(C(=O)N[C@@H](c2ccc(OC(F)F)cc2)C2CC2)N1. The molecule has 2 fully saturated rings. The second-order valence-electron chi connectivity index (χ2n) is 7.13. The van der Waals surface area contributed by atoms with Crippen LogP contribution in [0.4, 0.5) is 8.78 Å². The summed E-state index contributed by atoms with van der Waals surface area (Å²) in [5.41, 5.74) is 0.830. The summed E-state index contributed by atoms with van der Waals surface area (Å²) in [7, 11) is 3.60. The van der Waals surface area contributed by atoms with Crippen molar-refractivity contribution in [1.29, 1.82) is 0 Å². The molecule has 3 atom stereocenters. The van der Waals surface area contributed by atoms with E-state index in [0.717, 1.165) is 18.4 Å². The van der Waals surface area contributed by atoms with E-state index in [2.05, 4.69) is 20.7 Å². The molecular formula is C18H24F2N4O3. The lowest BCUT2D eigenvalue weighted by molar-refractivity contribution is -0.134. The van der Waals surface area contributed by atoms with Gasteiger partial charge >= 0.3 is 6.61 Å². The highest BCUT2D eigenvalue weighted by atomic mass is 19.3. The summed E-state index contributed by atoms with van der Waals surface area (Å²) < 4.78 is 29.0. The maximum absolute atomic E-state index is 12.7. The molecule has 0 spiro atoms. The van der Waals surface area contributed by atoms with Crippen molar-refractivity contribution in [2.24, 2.45) is 5.92 Å². The van der Waals surface area contributed by atoms with E-state index < -0.39 is 18.9 Å². The molecule has 3 N–H and O–H groups in total. The summed E-state index contributed by atoms with van der Waals surface area (Å²) in [6, 6.07) is 5.46. The van der Waals surface area contributed by atoms with Crippen LogP contribution in [-0.4, -0.2) is 49.8 Å². The van der Waals surface area contributed by atoms with Gasteiger partial charge in [-0.15, -0.1) is 0 Å². The summed E-state index contributed by atoms with van der Waals surface area (Å²) in [4.78, 5) is 26.4. The highest BCUT2D eigenvalue weighted by Gasteiger charge is 2.37. The smallest absolute Gasteiger partial charge is 0.387 e. The molecule has 7 nitrogen and oxygen atoms in total. The molecule has 2 unspecified atom stereocenters. The molecule has 1 aromatic carbocycles. The number of alkyl halides is 2. The van der Waals surface area contributed by atoms with E-state index in [0.29, 0.717) is 5.92 Å². The molecule has 0 radical (unpaired) electrons. The third-order valence-electron chi connectivity index (χ3n) is 4.73. The van der Waals surface area contributed by atoms with E-state index in [4.69, 9.17) is 0 Å². The molecule has 0 aromatic heterocycles. The van der Waals surface area contributed by atoms with Crippen molar-refractivity contribution >= 4 is 11.8 Å². The number of nitrogens with one attached hydrogen (secondary N) is 3. The predicted octanol–water partition coefficient (Wildman–Crippen LogP) is 1.18. The molecule has 1 aliphatic heterocycles. The highest BCUT2D eigenvalue weighted by molar-refractivity contribution is 5.89. The van der Waals surface area contributed by atoms with Gasteiger partial charge in [0, 0.05) is 0 Å². The number of hydrogen-bond donors (Lipinski definition) is 3. The Kier molecular flexibility index (Phi) is 5.91. The Morgan fingerprint density at radius 1 is 1.26 bits per heavy atom. The third kappa shape index (κ3) is 5.14. The van der Waals surface area contributed by atoms with E-state index in [-0.39, 0.29) is 30.0 Å². The van der Waals surface area contributed by atoms with Crippen molar-refractivity contribution in [3.05, 3.63) is 29.8 Å². The van der Waals surface area contributed by atoms with Crippen LogP contribution in [-0.2, 0) is 9.59 Å². The van der Waals surface area contributed by atoms with Crippen molar-refractivity contribution in [1.82, 2.24) is 20.9 Å². The Hall–Kier alpha value is -2.26. The van der Waals surface area contributed by atoms with Crippen LogP contribution >= 0.6 is 0 Å². The van der Waals surface area contributed by atoms with Crippen molar-refractivity contribution in [3.63, 3.8) is 0 Å². The van der Waals surface area contributed by atoms with Gasteiger partial charge in [-0.2, -0.15) is 8.78 Å². The van der Waals surface area contributed by atoms with Gasteiger partial charge in [0.15, 0.2) is 0 Å². The molecule has 1 aromatic rings. The Morgan fingerprint density at radius 3 is 2.48 bits per heavy atom. The highest BCUT2D eigenvalue weighted by Crippen LogP contribution is 2.41. The van der Waals surface area contributed by atoms with Crippen LogP contribution in [0.5, 0.6) is 5.75 Å². The standard InChI is InChI=1S/C18H24F2N4O3/c1-24(2)18-21-13(9-14(25)22-18)16(26)23-15(10-3-4-10)11-5-7-12(8-6-11)27-17(19)20/h5-8,10,13,15,17-18,21H,3-4,9H2,1-2H3,(H,22,25)(H,23,26)/t13?,15-,18?/m1/s1. The summed E-state index contributed by atoms with van der Waals surface area (Å²) in [6.07, 6.45) is 1.62. The number of amides is 2. The fourth-order valence-corrected chi connectivity index (χ4v) is 3.15. The molecule has 1 heterocycles. The van der Waals surface area contributed by atoms with Crippen LogP contribution in [0, 0.1) is 5.92 Å². The van der Waals surface area contributed by atoms with Crippen molar-refractivity contribution in [2.45, 2.75) is 44.2 Å². The molecular weight excluding hydrogens is 358 g/mol. The zero-order chi connectivity index (χ0) is 19.6. The topological polar surface area (TPSA) is 82.7 Å². The van der Waals surface area contributed by atoms with Gasteiger partial charge in [0.2, 0.25) is 11.8 Å². The lowest BCUT2D eigenvalue weighted by atomic mass is 10.0. The summed E-state index contributed by atoms with van der Waals surface area (Å²) in [5.74, 6) is -0.0578. The zero-order valence-corrected chi connectivity index (χ0v) is 15.2. The number of benzene rings is 1. The van der Waals surface area contributed by atoms with E-state index in [1.54, 1.807) is 31.1 Å². The zero-order valence-electron chi connectivity index (χ0n) is 15.2. The first-order valence-electron chi connectivity index (χ1n) is 8.90. The molecule has 1 saturated heterocycles. The molecule has 2 amide bonds. The lowest BCUT2D eigenvalue weighted by Gasteiger charge is -2.35. The van der Waals surface area contributed by atoms with Crippen LogP contribution in [0.2, 0.25) is 0 Å². The summed E-state index contributed by atoms with van der Waals surface area (Å²) >= 11 is 0. The first-order valence-corrected chi connectivity index (χ1v) is 8.90. The third-order valence-corrected chi connectivity index (χ3v) is 4.73. The minimum absolute atomic E-state index is 0.0642. The van der Waals surface area contributed by atoms with Gasteiger partial charge < -0.3 is 15.4 Å². The van der Waals surface area contributed by atoms with Gasteiger partial charge in [-0.3, -0.25) is 19.8 Å². The summed E-state index contributed by atoms with van der Waals surface area (Å²) in [6.45, 7) is -2.87. The quantitative estimate of drug-likeness (QED) is 0.660. The second kappa shape index (κ2) is 8.18. The van der Waals surface area contributed by atoms with E-state index >= 15 is 0 Å². The number of ether oxygens (including phenoxy) is 1. The monoisotopic (exact) mass is 382 g/mol. The number of carbonyl (C=O) groups excluding carboxylic acids is 2. The number of hydrogen-bond acceptors (Lipinski definition) is 5. The fraction of sp³-hybridized carbons (Fsp3) is 0.556. The van der Waals surface area contributed by atoms with Crippen molar-refractivity contribution in [2.75, 3.05) is 14.1 Å². The van der Waals surface area contributed by atoms with Gasteiger partial charge in [0.05, 0.1) is 18.5 Å². The minimum Gasteiger partial charge on any atom is -0.435 e. The van der Waals surface area contributed by atoms with Gasteiger partial charge in [-0.1, -0.05) is 12.1 Å². The molecule has 27 heavy (non-hydrogen) atoms. The van der Waals surface area contributed by atoms with Crippen LogP contribution in [0.25, 0.3) is 0 Å². The van der Waals surface area contributed by atoms with E-state index in [1.807, 2.05) is 0 Å². The molecule has 148 valence electrons. The number of halogens is 2. The number of nitrogens with zero attached hydrogens (tertiary/aromatic N) is 1. The Morgan fingerprint density at radius 2 is 1.93 bits per heavy atom. The van der Waals surface area contributed by atoms with Gasteiger partial charge in [-0.25, -0.2) is 0 Å². The molecule has 2 aliphatic rings. The van der Waals surface area contributed by atoms with Crippen LogP contribution in [0.1, 0.15) is 30.9 Å². The number of carbonyl (C=O) groups is 2. The van der Waals surface area contributed by atoms with Crippen LogP contribution in [0.3, 0.4) is 0 Å². The predicted molar refractivity (Wildman–Crippen MR) is 93.8 cm³/mol. The molecule has 3 rings (SSSR count). The largest absolute Gasteiger partial charge is 0.435 e. The van der Waals surface area contributed by atoms with Crippen molar-refractivity contribution in [3.8, 4) is 5.75 Å².